The van der Waals surface area contributed by atoms with Gasteiger partial charge in [-0.2, -0.15) is 0 Å². The van der Waals surface area contributed by atoms with Crippen molar-refractivity contribution in [3.63, 3.8) is 0 Å². The second kappa shape index (κ2) is 7.00. The molecule has 1 heterocycles. The molecule has 1 unspecified atom stereocenters. The number of nitrogens with zero attached hydrogens (tertiary/aromatic N) is 1. The van der Waals surface area contributed by atoms with E-state index in [2.05, 4.69) is 18.7 Å². The molecule has 3 nitrogen and oxygen atoms in total. The first-order chi connectivity index (χ1) is 8.14. The number of carbonyl (C=O) groups is 1. The highest BCUT2D eigenvalue weighted by atomic mass is 16.4. The van der Waals surface area contributed by atoms with E-state index in [1.54, 1.807) is 0 Å². The van der Waals surface area contributed by atoms with Crippen LogP contribution in [-0.4, -0.2) is 35.6 Å². The SMILES string of the molecule is CCCCCCN1CCC(CCC)(C(=O)O)C1. The Morgan fingerprint density at radius 2 is 2.00 bits per heavy atom. The van der Waals surface area contributed by atoms with Gasteiger partial charge in [0.1, 0.15) is 0 Å². The summed E-state index contributed by atoms with van der Waals surface area (Å²) in [5, 5.41) is 9.40. The standard InChI is InChI=1S/C14H27NO2/c1-3-5-6-7-10-15-11-9-14(12-15,8-4-2)13(16)17/h3-12H2,1-2H3,(H,16,17). The van der Waals surface area contributed by atoms with Gasteiger partial charge in [0.15, 0.2) is 0 Å². The maximum absolute atomic E-state index is 11.4. The van der Waals surface area contributed by atoms with Crippen LogP contribution in [0.1, 0.15) is 58.8 Å². The van der Waals surface area contributed by atoms with Crippen LogP contribution < -0.4 is 0 Å². The predicted molar refractivity (Wildman–Crippen MR) is 70.2 cm³/mol. The lowest BCUT2D eigenvalue weighted by molar-refractivity contribution is -0.148. The molecule has 0 aromatic heterocycles. The highest BCUT2D eigenvalue weighted by Crippen LogP contribution is 2.35. The third-order valence-corrected chi connectivity index (χ3v) is 3.94. The number of carboxylic acids is 1. The molecule has 1 fully saturated rings. The Morgan fingerprint density at radius 1 is 1.24 bits per heavy atom. The van der Waals surface area contributed by atoms with Gasteiger partial charge in [0.05, 0.1) is 5.41 Å². The van der Waals surface area contributed by atoms with Gasteiger partial charge in [-0.05, 0) is 32.4 Å². The third kappa shape index (κ3) is 3.98. The monoisotopic (exact) mass is 241 g/mol. The van der Waals surface area contributed by atoms with E-state index in [0.717, 1.165) is 38.9 Å². The summed E-state index contributed by atoms with van der Waals surface area (Å²) in [5.41, 5.74) is -0.445. The van der Waals surface area contributed by atoms with E-state index in [1.807, 2.05) is 0 Å². The Labute approximate surface area is 105 Å². The summed E-state index contributed by atoms with van der Waals surface area (Å²) in [6.45, 7) is 7.11. The van der Waals surface area contributed by atoms with Crippen molar-refractivity contribution < 1.29 is 9.90 Å². The van der Waals surface area contributed by atoms with Gasteiger partial charge >= 0.3 is 5.97 Å². The van der Waals surface area contributed by atoms with Gasteiger partial charge < -0.3 is 10.0 Å². The molecule has 1 rings (SSSR count). The molecule has 1 aliphatic rings. The highest BCUT2D eigenvalue weighted by Gasteiger charge is 2.43. The summed E-state index contributed by atoms with van der Waals surface area (Å²) >= 11 is 0. The largest absolute Gasteiger partial charge is 0.481 e. The Balaban J connectivity index is 2.35. The van der Waals surface area contributed by atoms with E-state index in [9.17, 15) is 9.90 Å². The van der Waals surface area contributed by atoms with E-state index < -0.39 is 11.4 Å². The number of hydrogen-bond acceptors (Lipinski definition) is 2. The molecule has 0 aromatic carbocycles. The zero-order valence-corrected chi connectivity index (χ0v) is 11.4. The van der Waals surface area contributed by atoms with E-state index in [1.165, 1.54) is 25.7 Å². The molecule has 0 radical (unpaired) electrons. The van der Waals surface area contributed by atoms with Gasteiger partial charge in [0, 0.05) is 6.54 Å². The zero-order valence-electron chi connectivity index (χ0n) is 11.4. The molecule has 0 spiro atoms. The minimum absolute atomic E-state index is 0.445. The van der Waals surface area contributed by atoms with Crippen molar-refractivity contribution in [1.82, 2.24) is 4.90 Å². The Bertz CT molecular complexity index is 242. The van der Waals surface area contributed by atoms with Crippen LogP contribution in [0, 0.1) is 5.41 Å². The first kappa shape index (κ1) is 14.5. The summed E-state index contributed by atoms with van der Waals surface area (Å²) in [5.74, 6) is -0.588. The average molecular weight is 241 g/mol. The first-order valence-electron chi connectivity index (χ1n) is 7.10. The Hall–Kier alpha value is -0.570. The summed E-state index contributed by atoms with van der Waals surface area (Å²) in [6, 6.07) is 0. The molecule has 0 bridgehead atoms. The minimum Gasteiger partial charge on any atom is -0.481 e. The van der Waals surface area contributed by atoms with Crippen LogP contribution in [0.2, 0.25) is 0 Å². The van der Waals surface area contributed by atoms with Crippen molar-refractivity contribution in [2.75, 3.05) is 19.6 Å². The number of hydrogen-bond donors (Lipinski definition) is 1. The number of unbranched alkanes of at least 4 members (excludes halogenated alkanes) is 3. The third-order valence-electron chi connectivity index (χ3n) is 3.94. The molecule has 0 saturated carbocycles. The van der Waals surface area contributed by atoms with Crippen LogP contribution in [0.25, 0.3) is 0 Å². The lowest BCUT2D eigenvalue weighted by Gasteiger charge is -2.24. The number of likely N-dealkylation sites (tertiary alicyclic amines) is 1. The van der Waals surface area contributed by atoms with Gasteiger partial charge in [0.25, 0.3) is 0 Å². The molecule has 1 aliphatic heterocycles. The van der Waals surface area contributed by atoms with Crippen molar-refractivity contribution in [2.24, 2.45) is 5.41 Å². The lowest BCUT2D eigenvalue weighted by Crippen LogP contribution is -2.34. The summed E-state index contributed by atoms with van der Waals surface area (Å²) in [7, 11) is 0. The normalized spacial score (nSPS) is 25.3. The summed E-state index contributed by atoms with van der Waals surface area (Å²) < 4.78 is 0. The Morgan fingerprint density at radius 3 is 2.59 bits per heavy atom. The maximum atomic E-state index is 11.4. The minimum atomic E-state index is -0.588. The quantitative estimate of drug-likeness (QED) is 0.664. The highest BCUT2D eigenvalue weighted by molar-refractivity contribution is 5.75. The second-order valence-electron chi connectivity index (χ2n) is 5.42. The van der Waals surface area contributed by atoms with E-state index in [0.29, 0.717) is 0 Å². The van der Waals surface area contributed by atoms with Gasteiger partial charge in [-0.3, -0.25) is 4.79 Å². The van der Waals surface area contributed by atoms with Crippen LogP contribution in [-0.2, 0) is 4.79 Å². The summed E-state index contributed by atoms with van der Waals surface area (Å²) in [4.78, 5) is 13.8. The fraction of sp³-hybridized carbons (Fsp3) is 0.929. The molecule has 100 valence electrons. The molecule has 1 N–H and O–H groups in total. The molecule has 0 amide bonds. The van der Waals surface area contributed by atoms with Crippen LogP contribution in [0.4, 0.5) is 0 Å². The van der Waals surface area contributed by atoms with Gasteiger partial charge in [-0.15, -0.1) is 0 Å². The second-order valence-corrected chi connectivity index (χ2v) is 5.42. The molecule has 3 heteroatoms. The van der Waals surface area contributed by atoms with Crippen molar-refractivity contribution in [1.29, 1.82) is 0 Å². The Kier molecular flexibility index (Phi) is 5.96. The molecular weight excluding hydrogens is 214 g/mol. The van der Waals surface area contributed by atoms with Crippen molar-refractivity contribution in [2.45, 2.75) is 58.8 Å². The number of carboxylic acid groups (broad SMARTS) is 1. The van der Waals surface area contributed by atoms with E-state index in [4.69, 9.17) is 0 Å². The molecule has 1 saturated heterocycles. The van der Waals surface area contributed by atoms with E-state index in [-0.39, 0.29) is 0 Å². The maximum Gasteiger partial charge on any atom is 0.310 e. The number of aliphatic carboxylic acids is 1. The van der Waals surface area contributed by atoms with E-state index >= 15 is 0 Å². The molecular formula is C14H27NO2. The van der Waals surface area contributed by atoms with Gasteiger partial charge in [-0.25, -0.2) is 0 Å². The topological polar surface area (TPSA) is 40.5 Å². The van der Waals surface area contributed by atoms with Crippen molar-refractivity contribution in [3.8, 4) is 0 Å². The fourth-order valence-electron chi connectivity index (χ4n) is 2.88. The van der Waals surface area contributed by atoms with Crippen molar-refractivity contribution >= 4 is 5.97 Å². The van der Waals surface area contributed by atoms with Crippen LogP contribution in [0.3, 0.4) is 0 Å². The molecule has 0 aromatic rings. The van der Waals surface area contributed by atoms with Crippen LogP contribution >= 0.6 is 0 Å². The molecule has 17 heavy (non-hydrogen) atoms. The van der Waals surface area contributed by atoms with Crippen LogP contribution in [0.15, 0.2) is 0 Å². The smallest absolute Gasteiger partial charge is 0.310 e. The number of rotatable bonds is 8. The zero-order chi connectivity index (χ0) is 12.7. The van der Waals surface area contributed by atoms with Crippen molar-refractivity contribution in [3.05, 3.63) is 0 Å². The van der Waals surface area contributed by atoms with Gasteiger partial charge in [0.2, 0.25) is 0 Å². The fourth-order valence-corrected chi connectivity index (χ4v) is 2.88. The lowest BCUT2D eigenvalue weighted by atomic mass is 9.83. The van der Waals surface area contributed by atoms with Crippen LogP contribution in [0.5, 0.6) is 0 Å². The predicted octanol–water partition coefficient (Wildman–Crippen LogP) is 3.14. The average Bonchev–Trinajstić information content (AvgIpc) is 2.70. The van der Waals surface area contributed by atoms with Gasteiger partial charge in [-0.1, -0.05) is 39.5 Å². The summed E-state index contributed by atoms with van der Waals surface area (Å²) in [6.07, 6.45) is 7.69. The molecule has 0 aliphatic carbocycles. The first-order valence-corrected chi connectivity index (χ1v) is 7.10. The molecule has 1 atom stereocenters.